The van der Waals surface area contributed by atoms with Gasteiger partial charge in [0.1, 0.15) is 0 Å². The molecule has 0 amide bonds. The molecule has 1 aliphatic heterocycles. The molecule has 2 unspecified atom stereocenters. The highest BCUT2D eigenvalue weighted by Gasteiger charge is 2.33. The SMILES string of the molecule is CC(O)CC(C)N1CCOCC1(C)C. The minimum Gasteiger partial charge on any atom is -0.393 e. The molecule has 1 saturated heterocycles. The molecular formula is C11H23NO2. The number of hydrogen-bond acceptors (Lipinski definition) is 3. The number of ether oxygens (including phenoxy) is 1. The average molecular weight is 201 g/mol. The van der Waals surface area contributed by atoms with E-state index in [4.69, 9.17) is 4.74 Å². The molecule has 3 heteroatoms. The molecule has 0 spiro atoms. The number of hydrogen-bond donors (Lipinski definition) is 1. The van der Waals surface area contributed by atoms with Crippen LogP contribution in [0, 0.1) is 0 Å². The van der Waals surface area contributed by atoms with Gasteiger partial charge in [0, 0.05) is 18.1 Å². The monoisotopic (exact) mass is 201 g/mol. The fourth-order valence-electron chi connectivity index (χ4n) is 2.31. The molecule has 0 aromatic heterocycles. The second-order valence-corrected chi connectivity index (χ2v) is 4.99. The van der Waals surface area contributed by atoms with Gasteiger partial charge < -0.3 is 9.84 Å². The quantitative estimate of drug-likeness (QED) is 0.746. The molecule has 0 bridgehead atoms. The van der Waals surface area contributed by atoms with E-state index in [1.54, 1.807) is 0 Å². The van der Waals surface area contributed by atoms with Gasteiger partial charge in [-0.05, 0) is 34.1 Å². The van der Waals surface area contributed by atoms with Crippen molar-refractivity contribution in [1.82, 2.24) is 4.90 Å². The second-order valence-electron chi connectivity index (χ2n) is 4.99. The molecule has 1 aliphatic rings. The first kappa shape index (κ1) is 12.0. The third-order valence-electron chi connectivity index (χ3n) is 2.92. The van der Waals surface area contributed by atoms with Crippen LogP contribution in [0.5, 0.6) is 0 Å². The number of rotatable bonds is 3. The summed E-state index contributed by atoms with van der Waals surface area (Å²) in [6, 6.07) is 0.425. The Hall–Kier alpha value is -0.120. The van der Waals surface area contributed by atoms with Gasteiger partial charge in [0.15, 0.2) is 0 Å². The van der Waals surface area contributed by atoms with E-state index in [0.717, 1.165) is 26.2 Å². The molecule has 84 valence electrons. The summed E-state index contributed by atoms with van der Waals surface area (Å²) in [5.74, 6) is 0. The molecule has 14 heavy (non-hydrogen) atoms. The molecule has 1 heterocycles. The van der Waals surface area contributed by atoms with Crippen LogP contribution in [0.4, 0.5) is 0 Å². The van der Waals surface area contributed by atoms with Crippen molar-refractivity contribution in [2.45, 2.75) is 51.8 Å². The first-order valence-corrected chi connectivity index (χ1v) is 5.46. The summed E-state index contributed by atoms with van der Waals surface area (Å²) >= 11 is 0. The highest BCUT2D eigenvalue weighted by Crippen LogP contribution is 2.23. The van der Waals surface area contributed by atoms with Crippen LogP contribution in [0.15, 0.2) is 0 Å². The Morgan fingerprint density at radius 1 is 1.43 bits per heavy atom. The standard InChI is InChI=1S/C11H23NO2/c1-9(7-10(2)13)12-5-6-14-8-11(12,3)4/h9-10,13H,5-8H2,1-4H3. The summed E-state index contributed by atoms with van der Waals surface area (Å²) in [5, 5.41) is 9.37. The molecule has 0 radical (unpaired) electrons. The van der Waals surface area contributed by atoms with Gasteiger partial charge in [-0.25, -0.2) is 0 Å². The van der Waals surface area contributed by atoms with E-state index in [9.17, 15) is 5.11 Å². The maximum Gasteiger partial charge on any atom is 0.0645 e. The Morgan fingerprint density at radius 3 is 2.57 bits per heavy atom. The Kier molecular flexibility index (Phi) is 3.93. The Balaban J connectivity index is 2.55. The van der Waals surface area contributed by atoms with E-state index >= 15 is 0 Å². The van der Waals surface area contributed by atoms with Crippen molar-refractivity contribution in [2.24, 2.45) is 0 Å². The van der Waals surface area contributed by atoms with Gasteiger partial charge in [0.2, 0.25) is 0 Å². The zero-order valence-electron chi connectivity index (χ0n) is 9.79. The lowest BCUT2D eigenvalue weighted by Crippen LogP contribution is -2.56. The van der Waals surface area contributed by atoms with Gasteiger partial charge in [0.05, 0.1) is 19.3 Å². The van der Waals surface area contributed by atoms with Crippen molar-refractivity contribution in [3.63, 3.8) is 0 Å². The minimum absolute atomic E-state index is 0.104. The average Bonchev–Trinajstić information content (AvgIpc) is 2.01. The Bertz CT molecular complexity index is 180. The van der Waals surface area contributed by atoms with Crippen LogP contribution in [0.2, 0.25) is 0 Å². The maximum atomic E-state index is 9.37. The number of morpholine rings is 1. The van der Waals surface area contributed by atoms with Crippen molar-refractivity contribution in [2.75, 3.05) is 19.8 Å². The number of aliphatic hydroxyl groups excluding tert-OH is 1. The van der Waals surface area contributed by atoms with Crippen LogP contribution < -0.4 is 0 Å². The van der Waals surface area contributed by atoms with E-state index in [0.29, 0.717) is 6.04 Å². The second kappa shape index (κ2) is 4.60. The van der Waals surface area contributed by atoms with E-state index in [-0.39, 0.29) is 11.6 Å². The van der Waals surface area contributed by atoms with Crippen LogP contribution in [0.25, 0.3) is 0 Å². The van der Waals surface area contributed by atoms with E-state index < -0.39 is 0 Å². The van der Waals surface area contributed by atoms with E-state index in [1.807, 2.05) is 6.92 Å². The summed E-state index contributed by atoms with van der Waals surface area (Å²) in [4.78, 5) is 2.43. The van der Waals surface area contributed by atoms with Gasteiger partial charge in [0.25, 0.3) is 0 Å². The van der Waals surface area contributed by atoms with Gasteiger partial charge >= 0.3 is 0 Å². The number of nitrogens with zero attached hydrogens (tertiary/aromatic N) is 1. The summed E-state index contributed by atoms with van der Waals surface area (Å²) in [6.45, 7) is 11.0. The molecule has 0 aliphatic carbocycles. The third kappa shape index (κ3) is 2.94. The van der Waals surface area contributed by atoms with E-state index in [1.165, 1.54) is 0 Å². The van der Waals surface area contributed by atoms with Crippen molar-refractivity contribution < 1.29 is 9.84 Å². The van der Waals surface area contributed by atoms with Crippen molar-refractivity contribution >= 4 is 0 Å². The summed E-state index contributed by atoms with van der Waals surface area (Å²) in [7, 11) is 0. The summed E-state index contributed by atoms with van der Waals surface area (Å²) in [6.07, 6.45) is 0.618. The van der Waals surface area contributed by atoms with Crippen molar-refractivity contribution in [3.8, 4) is 0 Å². The fraction of sp³-hybridized carbons (Fsp3) is 1.00. The lowest BCUT2D eigenvalue weighted by atomic mass is 9.98. The molecule has 1 fully saturated rings. The van der Waals surface area contributed by atoms with Crippen LogP contribution >= 0.6 is 0 Å². The normalized spacial score (nSPS) is 27.2. The van der Waals surface area contributed by atoms with Crippen LogP contribution in [-0.2, 0) is 4.74 Å². The summed E-state index contributed by atoms with van der Waals surface area (Å²) in [5.41, 5.74) is 0.104. The summed E-state index contributed by atoms with van der Waals surface area (Å²) < 4.78 is 5.47. The largest absolute Gasteiger partial charge is 0.393 e. The Labute approximate surface area is 87.1 Å². The smallest absolute Gasteiger partial charge is 0.0645 e. The van der Waals surface area contributed by atoms with Crippen LogP contribution in [0.3, 0.4) is 0 Å². The molecule has 1 N–H and O–H groups in total. The van der Waals surface area contributed by atoms with Crippen LogP contribution in [-0.4, -0.2) is 47.4 Å². The molecular weight excluding hydrogens is 178 g/mol. The minimum atomic E-state index is -0.219. The molecule has 2 atom stereocenters. The number of aliphatic hydroxyl groups is 1. The molecule has 0 aromatic rings. The zero-order chi connectivity index (χ0) is 10.8. The zero-order valence-corrected chi connectivity index (χ0v) is 9.79. The van der Waals surface area contributed by atoms with E-state index in [2.05, 4.69) is 25.7 Å². The Morgan fingerprint density at radius 2 is 2.07 bits per heavy atom. The van der Waals surface area contributed by atoms with Crippen molar-refractivity contribution in [1.29, 1.82) is 0 Å². The van der Waals surface area contributed by atoms with Gasteiger partial charge in [-0.15, -0.1) is 0 Å². The maximum absolute atomic E-state index is 9.37. The predicted molar refractivity (Wildman–Crippen MR) is 57.4 cm³/mol. The predicted octanol–water partition coefficient (Wildman–Crippen LogP) is 1.26. The first-order chi connectivity index (χ1) is 6.43. The van der Waals surface area contributed by atoms with Crippen molar-refractivity contribution in [3.05, 3.63) is 0 Å². The highest BCUT2D eigenvalue weighted by atomic mass is 16.5. The third-order valence-corrected chi connectivity index (χ3v) is 2.92. The molecule has 0 saturated carbocycles. The molecule has 1 rings (SSSR count). The molecule has 3 nitrogen and oxygen atoms in total. The van der Waals surface area contributed by atoms with Crippen LogP contribution in [0.1, 0.15) is 34.1 Å². The van der Waals surface area contributed by atoms with Gasteiger partial charge in [-0.3, -0.25) is 4.90 Å². The highest BCUT2D eigenvalue weighted by molar-refractivity contribution is 4.88. The topological polar surface area (TPSA) is 32.7 Å². The fourth-order valence-corrected chi connectivity index (χ4v) is 2.31. The first-order valence-electron chi connectivity index (χ1n) is 5.46. The van der Waals surface area contributed by atoms with Gasteiger partial charge in [-0.2, -0.15) is 0 Å². The lowest BCUT2D eigenvalue weighted by molar-refractivity contribution is -0.0747. The lowest BCUT2D eigenvalue weighted by Gasteiger charge is -2.46. The molecule has 0 aromatic carbocycles. The van der Waals surface area contributed by atoms with Gasteiger partial charge in [-0.1, -0.05) is 0 Å².